The molecule has 0 saturated carbocycles. The Morgan fingerprint density at radius 3 is 3.54 bits per heavy atom. The van der Waals surface area contributed by atoms with Gasteiger partial charge in [-0.25, -0.2) is 0 Å². The first-order valence-electron chi connectivity index (χ1n) is 4.99. The van der Waals surface area contributed by atoms with Crippen molar-refractivity contribution in [1.82, 2.24) is 5.32 Å². The van der Waals surface area contributed by atoms with Gasteiger partial charge in [0.05, 0.1) is 5.00 Å². The van der Waals surface area contributed by atoms with E-state index in [1.165, 1.54) is 36.5 Å². The topological polar surface area (TPSA) is 15.3 Å². The molecular formula is C10H14N2S. The number of hydrogen-bond donors (Lipinski definition) is 1. The van der Waals surface area contributed by atoms with Crippen LogP contribution in [0.3, 0.4) is 0 Å². The summed E-state index contributed by atoms with van der Waals surface area (Å²) in [5.74, 6) is 0. The Morgan fingerprint density at radius 1 is 1.54 bits per heavy atom. The highest BCUT2D eigenvalue weighted by Gasteiger charge is 2.28. The molecule has 1 saturated heterocycles. The van der Waals surface area contributed by atoms with Gasteiger partial charge in [0.1, 0.15) is 0 Å². The summed E-state index contributed by atoms with van der Waals surface area (Å²) in [7, 11) is 0. The summed E-state index contributed by atoms with van der Waals surface area (Å²) in [6.45, 7) is 3.49. The van der Waals surface area contributed by atoms with Crippen molar-refractivity contribution in [1.29, 1.82) is 0 Å². The smallest absolute Gasteiger partial charge is 0.0957 e. The number of rotatable bonds is 0. The first-order chi connectivity index (χ1) is 6.45. The van der Waals surface area contributed by atoms with Gasteiger partial charge in [0, 0.05) is 31.2 Å². The Bertz CT molecular complexity index is 308. The van der Waals surface area contributed by atoms with Gasteiger partial charge in [-0.15, -0.1) is 11.3 Å². The zero-order valence-electron chi connectivity index (χ0n) is 7.62. The molecule has 0 amide bonds. The molecule has 70 valence electrons. The van der Waals surface area contributed by atoms with Gasteiger partial charge in [0.25, 0.3) is 0 Å². The predicted molar refractivity (Wildman–Crippen MR) is 56.4 cm³/mol. The molecule has 0 bridgehead atoms. The minimum Gasteiger partial charge on any atom is -0.359 e. The second-order valence-electron chi connectivity index (χ2n) is 3.87. The third-order valence-corrected chi connectivity index (χ3v) is 4.05. The van der Waals surface area contributed by atoms with Crippen LogP contribution in [-0.2, 0) is 6.54 Å². The van der Waals surface area contributed by atoms with Crippen LogP contribution in [0.5, 0.6) is 0 Å². The number of anilines is 1. The van der Waals surface area contributed by atoms with Crippen LogP contribution in [0.2, 0.25) is 0 Å². The van der Waals surface area contributed by atoms with Gasteiger partial charge < -0.3 is 10.2 Å². The summed E-state index contributed by atoms with van der Waals surface area (Å²) < 4.78 is 0. The van der Waals surface area contributed by atoms with Gasteiger partial charge in [-0.05, 0) is 24.3 Å². The Morgan fingerprint density at radius 2 is 2.54 bits per heavy atom. The van der Waals surface area contributed by atoms with Crippen molar-refractivity contribution in [3.63, 3.8) is 0 Å². The first kappa shape index (κ1) is 7.83. The van der Waals surface area contributed by atoms with Crippen molar-refractivity contribution in [3.8, 4) is 0 Å². The van der Waals surface area contributed by atoms with E-state index < -0.39 is 0 Å². The van der Waals surface area contributed by atoms with E-state index in [1.54, 1.807) is 0 Å². The minimum absolute atomic E-state index is 0.764. The molecule has 1 aromatic heterocycles. The summed E-state index contributed by atoms with van der Waals surface area (Å²) >= 11 is 1.90. The number of thiophene rings is 1. The molecule has 1 aromatic rings. The first-order valence-corrected chi connectivity index (χ1v) is 5.87. The van der Waals surface area contributed by atoms with Gasteiger partial charge in [-0.3, -0.25) is 0 Å². The van der Waals surface area contributed by atoms with Crippen LogP contribution in [0.25, 0.3) is 0 Å². The number of nitrogens with zero attached hydrogens (tertiary/aromatic N) is 1. The summed E-state index contributed by atoms with van der Waals surface area (Å²) in [5, 5.41) is 7.26. The number of hydrogen-bond acceptors (Lipinski definition) is 3. The van der Waals surface area contributed by atoms with Crippen molar-refractivity contribution >= 4 is 16.3 Å². The van der Waals surface area contributed by atoms with Crippen LogP contribution < -0.4 is 10.2 Å². The second-order valence-corrected chi connectivity index (χ2v) is 4.77. The molecule has 3 rings (SSSR count). The molecule has 3 heteroatoms. The van der Waals surface area contributed by atoms with E-state index in [2.05, 4.69) is 21.7 Å². The summed E-state index contributed by atoms with van der Waals surface area (Å²) in [4.78, 5) is 2.60. The number of nitrogens with one attached hydrogen (secondary N) is 1. The fourth-order valence-corrected chi connectivity index (χ4v) is 3.43. The van der Waals surface area contributed by atoms with Gasteiger partial charge in [0.15, 0.2) is 0 Å². The van der Waals surface area contributed by atoms with E-state index in [0.717, 1.165) is 12.6 Å². The molecule has 0 aliphatic carbocycles. The zero-order chi connectivity index (χ0) is 8.67. The second kappa shape index (κ2) is 3.00. The maximum absolute atomic E-state index is 3.53. The summed E-state index contributed by atoms with van der Waals surface area (Å²) in [6.07, 6.45) is 2.73. The quantitative estimate of drug-likeness (QED) is 0.677. The maximum Gasteiger partial charge on any atom is 0.0957 e. The Balaban J connectivity index is 2.02. The highest BCUT2D eigenvalue weighted by atomic mass is 32.1. The van der Waals surface area contributed by atoms with Crippen LogP contribution in [0.1, 0.15) is 18.4 Å². The molecule has 3 heterocycles. The fraction of sp³-hybridized carbons (Fsp3) is 0.600. The molecule has 1 atom stereocenters. The molecule has 0 aromatic carbocycles. The Kier molecular flexibility index (Phi) is 1.80. The van der Waals surface area contributed by atoms with E-state index in [1.807, 2.05) is 11.3 Å². The molecule has 2 aliphatic heterocycles. The lowest BCUT2D eigenvalue weighted by Crippen LogP contribution is -2.34. The molecule has 1 unspecified atom stereocenters. The van der Waals surface area contributed by atoms with E-state index in [4.69, 9.17) is 0 Å². The van der Waals surface area contributed by atoms with Gasteiger partial charge in [-0.2, -0.15) is 0 Å². The van der Waals surface area contributed by atoms with Crippen LogP contribution in [-0.4, -0.2) is 19.1 Å². The normalized spacial score (nSPS) is 26.8. The van der Waals surface area contributed by atoms with Gasteiger partial charge in [-0.1, -0.05) is 0 Å². The van der Waals surface area contributed by atoms with Crippen LogP contribution in [0, 0.1) is 0 Å². The molecule has 0 radical (unpaired) electrons. The molecular weight excluding hydrogens is 180 g/mol. The van der Waals surface area contributed by atoms with Crippen molar-refractivity contribution < 1.29 is 0 Å². The van der Waals surface area contributed by atoms with E-state index >= 15 is 0 Å². The Hall–Kier alpha value is -0.540. The lowest BCUT2D eigenvalue weighted by molar-refractivity contribution is 0.593. The summed E-state index contributed by atoms with van der Waals surface area (Å²) in [5.41, 5.74) is 1.49. The minimum atomic E-state index is 0.764. The van der Waals surface area contributed by atoms with Crippen LogP contribution >= 0.6 is 11.3 Å². The molecule has 2 nitrogen and oxygen atoms in total. The zero-order valence-corrected chi connectivity index (χ0v) is 8.44. The molecule has 1 N–H and O–H groups in total. The van der Waals surface area contributed by atoms with Crippen LogP contribution in [0.4, 0.5) is 5.00 Å². The van der Waals surface area contributed by atoms with Gasteiger partial charge >= 0.3 is 0 Å². The van der Waals surface area contributed by atoms with Gasteiger partial charge in [0.2, 0.25) is 0 Å². The lowest BCUT2D eigenvalue weighted by Gasteiger charge is -2.23. The van der Waals surface area contributed by atoms with Crippen molar-refractivity contribution in [2.24, 2.45) is 0 Å². The average molecular weight is 194 g/mol. The lowest BCUT2D eigenvalue weighted by atomic mass is 10.2. The van der Waals surface area contributed by atoms with Crippen molar-refractivity contribution in [3.05, 3.63) is 17.0 Å². The van der Waals surface area contributed by atoms with E-state index in [-0.39, 0.29) is 0 Å². The highest BCUT2D eigenvalue weighted by Crippen LogP contribution is 2.34. The SMILES string of the molecule is c1cc2c(s1)N1CCCC1CNC2. The van der Waals surface area contributed by atoms with Crippen molar-refractivity contribution in [2.45, 2.75) is 25.4 Å². The molecule has 1 fully saturated rings. The molecule has 13 heavy (non-hydrogen) atoms. The molecule has 0 spiro atoms. The third-order valence-electron chi connectivity index (χ3n) is 3.06. The standard InChI is InChI=1S/C10H14N2S/c1-2-9-7-11-6-8-3-5-13-10(8)12(9)4-1/h3,5,9,11H,1-2,4,6-7H2. The maximum atomic E-state index is 3.53. The largest absolute Gasteiger partial charge is 0.359 e. The summed E-state index contributed by atoms with van der Waals surface area (Å²) in [6, 6.07) is 3.02. The predicted octanol–water partition coefficient (Wildman–Crippen LogP) is 1.82. The van der Waals surface area contributed by atoms with E-state index in [0.29, 0.717) is 0 Å². The van der Waals surface area contributed by atoms with Crippen molar-refractivity contribution in [2.75, 3.05) is 18.0 Å². The fourth-order valence-electron chi connectivity index (χ4n) is 2.40. The van der Waals surface area contributed by atoms with E-state index in [9.17, 15) is 0 Å². The molecule has 2 aliphatic rings. The third kappa shape index (κ3) is 1.18. The monoisotopic (exact) mass is 194 g/mol. The average Bonchev–Trinajstić information content (AvgIpc) is 2.72. The highest BCUT2D eigenvalue weighted by molar-refractivity contribution is 7.14. The number of fused-ring (bicyclic) bond motifs is 3. The van der Waals surface area contributed by atoms with Crippen LogP contribution in [0.15, 0.2) is 11.4 Å². The Labute approximate surface area is 82.6 Å².